The quantitative estimate of drug-likeness (QED) is 0.780. The normalized spacial score (nSPS) is 17.5. The Bertz CT molecular complexity index is 909. The summed E-state index contributed by atoms with van der Waals surface area (Å²) in [5.41, 5.74) is 4.47. The first kappa shape index (κ1) is 15.9. The monoisotopic (exact) mass is 337 g/mol. The first-order valence-corrected chi connectivity index (χ1v) is 8.92. The van der Waals surface area contributed by atoms with Gasteiger partial charge in [-0.05, 0) is 44.2 Å². The molecule has 5 heteroatoms. The first-order valence-electron chi connectivity index (χ1n) is 8.92. The van der Waals surface area contributed by atoms with Crippen molar-refractivity contribution in [1.29, 1.82) is 0 Å². The Morgan fingerprint density at radius 2 is 2.28 bits per heavy atom. The maximum absolute atomic E-state index is 12.8. The van der Waals surface area contributed by atoms with Gasteiger partial charge in [0, 0.05) is 36.1 Å². The van der Waals surface area contributed by atoms with Gasteiger partial charge in [0.25, 0.3) is 0 Å². The SMILES string of the molecule is Cc1cc(C2CCCN2C(=O)CCc2c[nH]c3c(C)cccc23)on1. The van der Waals surface area contributed by atoms with Crippen molar-refractivity contribution in [2.45, 2.75) is 45.6 Å². The van der Waals surface area contributed by atoms with Crippen LogP contribution in [0.25, 0.3) is 10.9 Å². The molecule has 2 aromatic heterocycles. The zero-order valence-electron chi connectivity index (χ0n) is 14.7. The average Bonchev–Trinajstić information content (AvgIpc) is 3.32. The number of hydrogen-bond acceptors (Lipinski definition) is 3. The Labute approximate surface area is 147 Å². The van der Waals surface area contributed by atoms with Crippen molar-refractivity contribution < 1.29 is 9.32 Å². The number of aromatic amines is 1. The van der Waals surface area contributed by atoms with Crippen LogP contribution in [-0.2, 0) is 11.2 Å². The molecule has 1 aromatic carbocycles. The molecular weight excluding hydrogens is 314 g/mol. The van der Waals surface area contributed by atoms with Crippen LogP contribution in [0.4, 0.5) is 0 Å². The summed E-state index contributed by atoms with van der Waals surface area (Å²) in [6.07, 6.45) is 5.27. The van der Waals surface area contributed by atoms with Gasteiger partial charge in [0.1, 0.15) is 0 Å². The van der Waals surface area contributed by atoms with Crippen LogP contribution >= 0.6 is 0 Å². The van der Waals surface area contributed by atoms with Gasteiger partial charge < -0.3 is 14.4 Å². The summed E-state index contributed by atoms with van der Waals surface area (Å²) < 4.78 is 5.40. The van der Waals surface area contributed by atoms with Crippen molar-refractivity contribution in [2.24, 2.45) is 0 Å². The molecule has 0 aliphatic carbocycles. The summed E-state index contributed by atoms with van der Waals surface area (Å²) in [6.45, 7) is 4.81. The molecule has 1 atom stereocenters. The standard InChI is InChI=1S/C20H23N3O2/c1-13-5-3-6-16-15(12-21-20(13)16)8-9-19(24)23-10-4-7-17(23)18-11-14(2)22-25-18/h3,5-6,11-12,17,21H,4,7-10H2,1-2H3. The fourth-order valence-corrected chi connectivity index (χ4v) is 3.86. The number of amides is 1. The minimum absolute atomic E-state index is 0.0407. The minimum Gasteiger partial charge on any atom is -0.361 e. The second-order valence-corrected chi connectivity index (χ2v) is 6.93. The van der Waals surface area contributed by atoms with E-state index in [-0.39, 0.29) is 11.9 Å². The smallest absolute Gasteiger partial charge is 0.223 e. The summed E-state index contributed by atoms with van der Waals surface area (Å²) in [6, 6.07) is 8.27. The van der Waals surface area contributed by atoms with Crippen LogP contribution in [0, 0.1) is 13.8 Å². The number of aromatic nitrogens is 2. The number of nitrogens with zero attached hydrogens (tertiary/aromatic N) is 2. The van der Waals surface area contributed by atoms with Crippen LogP contribution in [-0.4, -0.2) is 27.5 Å². The van der Waals surface area contributed by atoms with Crippen molar-refractivity contribution >= 4 is 16.8 Å². The lowest BCUT2D eigenvalue weighted by Crippen LogP contribution is -2.30. The molecule has 1 aliphatic heterocycles. The summed E-state index contributed by atoms with van der Waals surface area (Å²) in [5.74, 6) is 1.00. The first-order chi connectivity index (χ1) is 12.1. The molecule has 5 nitrogen and oxygen atoms in total. The predicted molar refractivity (Wildman–Crippen MR) is 96.3 cm³/mol. The van der Waals surface area contributed by atoms with Crippen molar-refractivity contribution in [3.63, 3.8) is 0 Å². The number of nitrogens with one attached hydrogen (secondary N) is 1. The molecule has 0 saturated carbocycles. The zero-order valence-corrected chi connectivity index (χ0v) is 14.7. The number of hydrogen-bond donors (Lipinski definition) is 1. The van der Waals surface area contributed by atoms with Crippen LogP contribution in [0.5, 0.6) is 0 Å². The fraction of sp³-hybridized carbons (Fsp3) is 0.400. The van der Waals surface area contributed by atoms with Gasteiger partial charge >= 0.3 is 0 Å². The van der Waals surface area contributed by atoms with E-state index in [1.54, 1.807) is 0 Å². The Hall–Kier alpha value is -2.56. The number of H-pyrrole nitrogens is 1. The molecule has 0 spiro atoms. The van der Waals surface area contributed by atoms with E-state index in [4.69, 9.17) is 4.52 Å². The second-order valence-electron chi connectivity index (χ2n) is 6.93. The Morgan fingerprint density at radius 3 is 3.08 bits per heavy atom. The van der Waals surface area contributed by atoms with Crippen molar-refractivity contribution in [3.05, 3.63) is 53.0 Å². The lowest BCUT2D eigenvalue weighted by molar-refractivity contribution is -0.132. The van der Waals surface area contributed by atoms with E-state index in [1.807, 2.05) is 24.1 Å². The highest BCUT2D eigenvalue weighted by Crippen LogP contribution is 2.33. The van der Waals surface area contributed by atoms with Crippen LogP contribution in [0.3, 0.4) is 0 Å². The molecule has 25 heavy (non-hydrogen) atoms. The van der Waals surface area contributed by atoms with E-state index in [1.165, 1.54) is 22.0 Å². The predicted octanol–water partition coefficient (Wildman–Crippen LogP) is 4.07. The van der Waals surface area contributed by atoms with Crippen LogP contribution < -0.4 is 0 Å². The van der Waals surface area contributed by atoms with Crippen molar-refractivity contribution in [1.82, 2.24) is 15.0 Å². The van der Waals surface area contributed by atoms with Crippen molar-refractivity contribution in [3.8, 4) is 0 Å². The van der Waals surface area contributed by atoms with E-state index in [9.17, 15) is 4.79 Å². The summed E-state index contributed by atoms with van der Waals surface area (Å²) in [7, 11) is 0. The van der Waals surface area contributed by atoms with Gasteiger partial charge in [-0.2, -0.15) is 0 Å². The third-order valence-electron chi connectivity index (χ3n) is 5.17. The number of carbonyl (C=O) groups excluding carboxylic acids is 1. The minimum atomic E-state index is 0.0407. The highest BCUT2D eigenvalue weighted by Gasteiger charge is 2.32. The molecule has 1 unspecified atom stereocenters. The van der Waals surface area contributed by atoms with E-state index in [2.05, 4.69) is 35.3 Å². The summed E-state index contributed by atoms with van der Waals surface area (Å²) in [5, 5.41) is 5.19. The van der Waals surface area contributed by atoms with E-state index in [0.29, 0.717) is 6.42 Å². The van der Waals surface area contributed by atoms with Crippen LogP contribution in [0.2, 0.25) is 0 Å². The number of fused-ring (bicyclic) bond motifs is 1. The van der Waals surface area contributed by atoms with E-state index >= 15 is 0 Å². The molecule has 1 aliphatic rings. The molecule has 3 heterocycles. The lowest BCUT2D eigenvalue weighted by atomic mass is 10.1. The van der Waals surface area contributed by atoms with Crippen molar-refractivity contribution in [2.75, 3.05) is 6.54 Å². The Kier molecular flexibility index (Phi) is 4.07. The summed E-state index contributed by atoms with van der Waals surface area (Å²) >= 11 is 0. The number of para-hydroxylation sites is 1. The molecule has 4 rings (SSSR count). The number of carbonyl (C=O) groups is 1. The maximum atomic E-state index is 12.8. The maximum Gasteiger partial charge on any atom is 0.223 e. The fourth-order valence-electron chi connectivity index (χ4n) is 3.86. The Morgan fingerprint density at radius 1 is 1.40 bits per heavy atom. The zero-order chi connectivity index (χ0) is 17.4. The molecule has 1 saturated heterocycles. The number of aryl methyl sites for hydroxylation is 3. The molecule has 1 fully saturated rings. The highest BCUT2D eigenvalue weighted by molar-refractivity contribution is 5.86. The molecule has 3 aromatic rings. The third kappa shape index (κ3) is 2.95. The molecule has 130 valence electrons. The number of likely N-dealkylation sites (tertiary alicyclic amines) is 1. The largest absolute Gasteiger partial charge is 0.361 e. The van der Waals surface area contributed by atoms with Gasteiger partial charge in [0.2, 0.25) is 5.91 Å². The summed E-state index contributed by atoms with van der Waals surface area (Å²) in [4.78, 5) is 18.1. The lowest BCUT2D eigenvalue weighted by Gasteiger charge is -2.22. The number of rotatable bonds is 4. The molecule has 1 amide bonds. The molecule has 0 radical (unpaired) electrons. The van der Waals surface area contributed by atoms with Gasteiger partial charge in [-0.3, -0.25) is 4.79 Å². The molecule has 0 bridgehead atoms. The van der Waals surface area contributed by atoms with E-state index < -0.39 is 0 Å². The number of benzene rings is 1. The molecular formula is C20H23N3O2. The van der Waals surface area contributed by atoms with Crippen LogP contribution in [0.1, 0.15) is 47.9 Å². The highest BCUT2D eigenvalue weighted by atomic mass is 16.5. The van der Waals surface area contributed by atoms with Crippen LogP contribution in [0.15, 0.2) is 35.0 Å². The molecule has 1 N–H and O–H groups in total. The van der Waals surface area contributed by atoms with Gasteiger partial charge in [-0.25, -0.2) is 0 Å². The van der Waals surface area contributed by atoms with Gasteiger partial charge in [0.05, 0.1) is 11.7 Å². The Balaban J connectivity index is 1.47. The second kappa shape index (κ2) is 6.39. The van der Waals surface area contributed by atoms with Gasteiger partial charge in [-0.15, -0.1) is 0 Å². The van der Waals surface area contributed by atoms with Gasteiger partial charge in [0.15, 0.2) is 5.76 Å². The van der Waals surface area contributed by atoms with Gasteiger partial charge in [-0.1, -0.05) is 23.4 Å². The van der Waals surface area contributed by atoms with E-state index in [0.717, 1.165) is 37.3 Å². The third-order valence-corrected chi connectivity index (χ3v) is 5.17. The topological polar surface area (TPSA) is 62.1 Å². The average molecular weight is 337 g/mol.